The van der Waals surface area contributed by atoms with E-state index < -0.39 is 17.5 Å². The highest BCUT2D eigenvalue weighted by molar-refractivity contribution is 5.12. The van der Waals surface area contributed by atoms with E-state index in [2.05, 4.69) is 0 Å². The summed E-state index contributed by atoms with van der Waals surface area (Å²) in [6.45, 7) is 5.95. The fourth-order valence-corrected chi connectivity index (χ4v) is 2.01. The molecule has 1 aromatic heterocycles. The lowest BCUT2D eigenvalue weighted by atomic mass is 9.91. The van der Waals surface area contributed by atoms with Crippen molar-refractivity contribution in [2.45, 2.75) is 44.7 Å². The van der Waals surface area contributed by atoms with Crippen LogP contribution in [0.5, 0.6) is 0 Å². The van der Waals surface area contributed by atoms with E-state index in [4.69, 9.17) is 13.9 Å². The van der Waals surface area contributed by atoms with E-state index in [0.29, 0.717) is 18.8 Å². The largest absolute Gasteiger partial charge is 0.466 e. The number of rotatable bonds is 3. The van der Waals surface area contributed by atoms with E-state index >= 15 is 0 Å². The molecule has 0 unspecified atom stereocenters. The Kier molecular flexibility index (Phi) is 2.82. The number of furan rings is 1. The van der Waals surface area contributed by atoms with Gasteiger partial charge in [0.15, 0.2) is 11.4 Å². The predicted molar refractivity (Wildman–Crippen MR) is 57.8 cm³/mol. The second kappa shape index (κ2) is 3.87. The molecule has 2 atom stereocenters. The van der Waals surface area contributed by atoms with Crippen LogP contribution in [-0.2, 0) is 15.1 Å². The van der Waals surface area contributed by atoms with Gasteiger partial charge in [0.25, 0.3) is 0 Å². The highest BCUT2D eigenvalue weighted by atomic mass is 16.7. The van der Waals surface area contributed by atoms with E-state index in [1.54, 1.807) is 18.4 Å². The summed E-state index contributed by atoms with van der Waals surface area (Å²) in [6.07, 6.45) is 1.68. The zero-order valence-corrected chi connectivity index (χ0v) is 9.90. The van der Waals surface area contributed by atoms with Crippen LogP contribution in [0.2, 0.25) is 0 Å². The molecule has 0 spiro atoms. The standard InChI is InChI=1S/C12H18O4/c1-4-12(13,9-6-5-7-14-9)10-8-15-11(2,3)16-10/h5-7,10,13H,4,8H2,1-3H3/t10-,12+/m1/s1. The van der Waals surface area contributed by atoms with Gasteiger partial charge in [0.05, 0.1) is 12.9 Å². The van der Waals surface area contributed by atoms with Crippen LogP contribution in [0.15, 0.2) is 22.8 Å². The van der Waals surface area contributed by atoms with Crippen LogP contribution in [-0.4, -0.2) is 23.6 Å². The summed E-state index contributed by atoms with van der Waals surface area (Å²) in [5, 5.41) is 10.6. The van der Waals surface area contributed by atoms with E-state index in [9.17, 15) is 5.11 Å². The molecule has 1 aliphatic rings. The van der Waals surface area contributed by atoms with Gasteiger partial charge in [0.2, 0.25) is 0 Å². The summed E-state index contributed by atoms with van der Waals surface area (Å²) in [5.74, 6) is -0.110. The molecule has 4 heteroatoms. The molecule has 90 valence electrons. The molecule has 1 saturated heterocycles. The topological polar surface area (TPSA) is 51.8 Å². The first-order valence-corrected chi connectivity index (χ1v) is 5.56. The summed E-state index contributed by atoms with van der Waals surface area (Å²) >= 11 is 0. The maximum Gasteiger partial charge on any atom is 0.163 e. The minimum absolute atomic E-state index is 0.373. The molecular formula is C12H18O4. The summed E-state index contributed by atoms with van der Waals surface area (Å²) in [5.41, 5.74) is -1.11. The Hall–Kier alpha value is -0.840. The van der Waals surface area contributed by atoms with Gasteiger partial charge in [-0.3, -0.25) is 0 Å². The Morgan fingerprint density at radius 3 is 2.75 bits per heavy atom. The summed E-state index contributed by atoms with van der Waals surface area (Å²) < 4.78 is 16.5. The molecule has 4 nitrogen and oxygen atoms in total. The van der Waals surface area contributed by atoms with Gasteiger partial charge >= 0.3 is 0 Å². The minimum atomic E-state index is -1.11. The Balaban J connectivity index is 2.23. The zero-order chi connectivity index (χ0) is 11.8. The summed E-state index contributed by atoms with van der Waals surface area (Å²) in [4.78, 5) is 0. The maximum absolute atomic E-state index is 10.6. The van der Waals surface area contributed by atoms with Crippen LogP contribution < -0.4 is 0 Å². The van der Waals surface area contributed by atoms with Crippen LogP contribution in [0.3, 0.4) is 0 Å². The molecule has 0 bridgehead atoms. The van der Waals surface area contributed by atoms with E-state index in [0.717, 1.165) is 0 Å². The van der Waals surface area contributed by atoms with Gasteiger partial charge in [-0.2, -0.15) is 0 Å². The zero-order valence-electron chi connectivity index (χ0n) is 9.90. The molecule has 0 amide bonds. The van der Waals surface area contributed by atoms with Crippen molar-refractivity contribution in [2.24, 2.45) is 0 Å². The van der Waals surface area contributed by atoms with Crippen LogP contribution in [0, 0.1) is 0 Å². The van der Waals surface area contributed by atoms with E-state index in [-0.39, 0.29) is 0 Å². The van der Waals surface area contributed by atoms with Gasteiger partial charge in [-0.15, -0.1) is 0 Å². The molecule has 0 radical (unpaired) electrons. The normalized spacial score (nSPS) is 27.9. The molecule has 0 aromatic carbocycles. The lowest BCUT2D eigenvalue weighted by molar-refractivity contribution is -0.177. The van der Waals surface area contributed by atoms with Gasteiger partial charge < -0.3 is 19.0 Å². The predicted octanol–water partition coefficient (Wildman–Crippen LogP) is 2.03. The third-order valence-electron chi connectivity index (χ3n) is 3.03. The smallest absolute Gasteiger partial charge is 0.163 e. The van der Waals surface area contributed by atoms with Crippen molar-refractivity contribution in [1.29, 1.82) is 0 Å². The lowest BCUT2D eigenvalue weighted by Crippen LogP contribution is -2.41. The van der Waals surface area contributed by atoms with Crippen molar-refractivity contribution in [3.05, 3.63) is 24.2 Å². The second-order valence-electron chi connectivity index (χ2n) is 4.57. The molecule has 1 aliphatic heterocycles. The lowest BCUT2D eigenvalue weighted by Gasteiger charge is -2.30. The number of hydrogen-bond acceptors (Lipinski definition) is 4. The third-order valence-corrected chi connectivity index (χ3v) is 3.03. The third kappa shape index (κ3) is 1.88. The Bertz CT molecular complexity index is 344. The average Bonchev–Trinajstić information content (AvgIpc) is 2.86. The first-order valence-electron chi connectivity index (χ1n) is 5.56. The monoisotopic (exact) mass is 226 g/mol. The average molecular weight is 226 g/mol. The SMILES string of the molecule is CC[C@](O)(c1ccco1)[C@H]1COC(C)(C)O1. The molecule has 0 aliphatic carbocycles. The highest BCUT2D eigenvalue weighted by Crippen LogP contribution is 2.37. The fraction of sp³-hybridized carbons (Fsp3) is 0.667. The van der Waals surface area contributed by atoms with Crippen LogP contribution in [0.1, 0.15) is 33.0 Å². The van der Waals surface area contributed by atoms with Crippen molar-refractivity contribution >= 4 is 0 Å². The molecule has 1 aromatic rings. The molecule has 1 N–H and O–H groups in total. The molecule has 2 rings (SSSR count). The highest BCUT2D eigenvalue weighted by Gasteiger charge is 2.47. The molecule has 2 heterocycles. The van der Waals surface area contributed by atoms with Gasteiger partial charge in [0.1, 0.15) is 11.9 Å². The summed E-state index contributed by atoms with van der Waals surface area (Å²) in [7, 11) is 0. The number of ether oxygens (including phenoxy) is 2. The van der Waals surface area contributed by atoms with Gasteiger partial charge in [0, 0.05) is 0 Å². The van der Waals surface area contributed by atoms with Crippen molar-refractivity contribution in [3.8, 4) is 0 Å². The van der Waals surface area contributed by atoms with Gasteiger partial charge in [-0.05, 0) is 32.4 Å². The number of aliphatic hydroxyl groups is 1. The molecule has 16 heavy (non-hydrogen) atoms. The van der Waals surface area contributed by atoms with Crippen LogP contribution >= 0.6 is 0 Å². The molecular weight excluding hydrogens is 208 g/mol. The first kappa shape index (κ1) is 11.6. The number of hydrogen-bond donors (Lipinski definition) is 1. The Labute approximate surface area is 95.2 Å². The fourth-order valence-electron chi connectivity index (χ4n) is 2.01. The van der Waals surface area contributed by atoms with Crippen molar-refractivity contribution in [2.75, 3.05) is 6.61 Å². The molecule has 0 saturated carbocycles. The molecule has 1 fully saturated rings. The summed E-state index contributed by atoms with van der Waals surface area (Å²) in [6, 6.07) is 3.52. The van der Waals surface area contributed by atoms with Crippen LogP contribution in [0.25, 0.3) is 0 Å². The van der Waals surface area contributed by atoms with Gasteiger partial charge in [-0.25, -0.2) is 0 Å². The van der Waals surface area contributed by atoms with Crippen LogP contribution in [0.4, 0.5) is 0 Å². The van der Waals surface area contributed by atoms with Crippen molar-refractivity contribution < 1.29 is 19.0 Å². The quantitative estimate of drug-likeness (QED) is 0.856. The Morgan fingerprint density at radius 1 is 1.56 bits per heavy atom. The Morgan fingerprint density at radius 2 is 2.31 bits per heavy atom. The first-order chi connectivity index (χ1) is 7.48. The van der Waals surface area contributed by atoms with E-state index in [1.807, 2.05) is 20.8 Å². The van der Waals surface area contributed by atoms with E-state index in [1.165, 1.54) is 0 Å². The maximum atomic E-state index is 10.6. The van der Waals surface area contributed by atoms with Crippen molar-refractivity contribution in [3.63, 3.8) is 0 Å². The van der Waals surface area contributed by atoms with Crippen molar-refractivity contribution in [1.82, 2.24) is 0 Å². The van der Waals surface area contributed by atoms with Gasteiger partial charge in [-0.1, -0.05) is 6.92 Å². The minimum Gasteiger partial charge on any atom is -0.466 e. The second-order valence-corrected chi connectivity index (χ2v) is 4.57.